The van der Waals surface area contributed by atoms with Crippen LogP contribution >= 0.6 is 0 Å². The summed E-state index contributed by atoms with van der Waals surface area (Å²) < 4.78 is 10.1. The van der Waals surface area contributed by atoms with Gasteiger partial charge in [-0.3, -0.25) is 10.1 Å². The van der Waals surface area contributed by atoms with Crippen LogP contribution in [0.2, 0.25) is 0 Å². The number of rotatable bonds is 4. The molecule has 6 heteroatoms. The number of hydrogen-bond acceptors (Lipinski definition) is 5. The van der Waals surface area contributed by atoms with Gasteiger partial charge in [-0.15, -0.1) is 0 Å². The molecule has 2 rings (SSSR count). The molecular formula is C16H15NO5. The number of carbonyl (C=O) groups excluding carboxylic acids is 1. The Morgan fingerprint density at radius 1 is 1.09 bits per heavy atom. The quantitative estimate of drug-likeness (QED) is 0.374. The van der Waals surface area contributed by atoms with Crippen molar-refractivity contribution < 1.29 is 19.2 Å². The summed E-state index contributed by atoms with van der Waals surface area (Å²) in [6.45, 7) is 3.72. The van der Waals surface area contributed by atoms with Crippen molar-refractivity contribution in [3.63, 3.8) is 0 Å². The number of hydrogen-bond donors (Lipinski definition) is 0. The molecule has 0 fully saturated rings. The number of ether oxygens (including phenoxy) is 2. The number of methoxy groups -OCH3 is 1. The lowest BCUT2D eigenvalue weighted by molar-refractivity contribution is -0.385. The maximum absolute atomic E-state index is 12.2. The van der Waals surface area contributed by atoms with E-state index < -0.39 is 10.9 Å². The van der Waals surface area contributed by atoms with Crippen molar-refractivity contribution in [2.24, 2.45) is 0 Å². The Labute approximate surface area is 127 Å². The molecule has 0 aliphatic rings. The minimum atomic E-state index is -0.639. The molecule has 0 aromatic heterocycles. The van der Waals surface area contributed by atoms with Crippen LogP contribution in [0.4, 0.5) is 5.69 Å². The molecule has 22 heavy (non-hydrogen) atoms. The fourth-order valence-corrected chi connectivity index (χ4v) is 2.10. The second-order valence-electron chi connectivity index (χ2n) is 4.86. The van der Waals surface area contributed by atoms with Crippen molar-refractivity contribution >= 4 is 11.7 Å². The van der Waals surface area contributed by atoms with Gasteiger partial charge in [-0.05, 0) is 38.1 Å². The van der Waals surface area contributed by atoms with Crippen LogP contribution < -0.4 is 9.47 Å². The van der Waals surface area contributed by atoms with Crippen LogP contribution in [0.15, 0.2) is 36.4 Å². The third-order valence-electron chi connectivity index (χ3n) is 3.02. The van der Waals surface area contributed by atoms with E-state index in [1.807, 2.05) is 19.9 Å². The van der Waals surface area contributed by atoms with Gasteiger partial charge in [0.2, 0.25) is 5.75 Å². The van der Waals surface area contributed by atoms with Crippen molar-refractivity contribution in [1.82, 2.24) is 0 Å². The number of aryl methyl sites for hydroxylation is 2. The van der Waals surface area contributed by atoms with E-state index in [1.54, 1.807) is 12.1 Å². The summed E-state index contributed by atoms with van der Waals surface area (Å²) in [5.74, 6) is -0.437. The lowest BCUT2D eigenvalue weighted by Crippen LogP contribution is -2.10. The molecule has 6 nitrogen and oxygen atoms in total. The third-order valence-corrected chi connectivity index (χ3v) is 3.02. The van der Waals surface area contributed by atoms with Gasteiger partial charge in [0.25, 0.3) is 0 Å². The second kappa shape index (κ2) is 6.26. The van der Waals surface area contributed by atoms with E-state index in [9.17, 15) is 14.9 Å². The Morgan fingerprint density at radius 3 is 2.27 bits per heavy atom. The van der Waals surface area contributed by atoms with Gasteiger partial charge in [0.15, 0.2) is 0 Å². The molecule has 0 aliphatic carbocycles. The first kappa shape index (κ1) is 15.5. The molecule has 114 valence electrons. The number of nitrogens with zero attached hydrogens (tertiary/aromatic N) is 1. The average Bonchev–Trinajstić information content (AvgIpc) is 2.46. The molecule has 0 N–H and O–H groups in total. The highest BCUT2D eigenvalue weighted by molar-refractivity contribution is 5.92. The highest BCUT2D eigenvalue weighted by Crippen LogP contribution is 2.31. The van der Waals surface area contributed by atoms with Crippen molar-refractivity contribution in [2.45, 2.75) is 13.8 Å². The first-order valence-electron chi connectivity index (χ1n) is 6.53. The standard InChI is InChI=1S/C16H15NO5/c1-10-6-11(2)8-12(7-10)16(18)22-15-5-4-13(21-3)9-14(15)17(19)20/h4-9H,1-3H3. The van der Waals surface area contributed by atoms with E-state index in [0.29, 0.717) is 11.3 Å². The first-order chi connectivity index (χ1) is 10.4. The number of nitro benzene ring substituents is 1. The van der Waals surface area contributed by atoms with Crippen LogP contribution in [-0.4, -0.2) is 18.0 Å². The Hall–Kier alpha value is -2.89. The molecule has 0 heterocycles. The fourth-order valence-electron chi connectivity index (χ4n) is 2.10. The summed E-state index contributed by atoms with van der Waals surface area (Å²) in [6.07, 6.45) is 0. The smallest absolute Gasteiger partial charge is 0.343 e. The zero-order valence-corrected chi connectivity index (χ0v) is 12.5. The normalized spacial score (nSPS) is 10.1. The molecule has 0 unspecified atom stereocenters. The molecule has 0 radical (unpaired) electrons. The SMILES string of the molecule is COc1ccc(OC(=O)c2cc(C)cc(C)c2)c([N+](=O)[O-])c1. The molecular weight excluding hydrogens is 286 g/mol. The molecule has 0 saturated heterocycles. The maximum atomic E-state index is 12.2. The predicted octanol–water partition coefficient (Wildman–Crippen LogP) is 3.44. The lowest BCUT2D eigenvalue weighted by atomic mass is 10.1. The third kappa shape index (κ3) is 3.41. The van der Waals surface area contributed by atoms with Crippen LogP contribution in [0.5, 0.6) is 11.5 Å². The van der Waals surface area contributed by atoms with E-state index >= 15 is 0 Å². The summed E-state index contributed by atoms with van der Waals surface area (Å²) >= 11 is 0. The minimum absolute atomic E-state index is 0.116. The number of esters is 1. The van der Waals surface area contributed by atoms with Crippen molar-refractivity contribution in [1.29, 1.82) is 0 Å². The van der Waals surface area contributed by atoms with Gasteiger partial charge in [-0.1, -0.05) is 17.2 Å². The number of benzene rings is 2. The minimum Gasteiger partial charge on any atom is -0.496 e. The highest BCUT2D eigenvalue weighted by atomic mass is 16.6. The van der Waals surface area contributed by atoms with Gasteiger partial charge >= 0.3 is 11.7 Å². The Kier molecular flexibility index (Phi) is 4.41. The molecule has 0 spiro atoms. The maximum Gasteiger partial charge on any atom is 0.343 e. The summed E-state index contributed by atoms with van der Waals surface area (Å²) in [6, 6.07) is 9.32. The fraction of sp³-hybridized carbons (Fsp3) is 0.188. The zero-order valence-electron chi connectivity index (χ0n) is 12.5. The van der Waals surface area contributed by atoms with Gasteiger partial charge in [0, 0.05) is 0 Å². The van der Waals surface area contributed by atoms with Gasteiger partial charge in [-0.2, -0.15) is 0 Å². The van der Waals surface area contributed by atoms with E-state index in [1.165, 1.54) is 25.3 Å². The first-order valence-corrected chi connectivity index (χ1v) is 6.53. The molecule has 0 atom stereocenters. The Bertz CT molecular complexity index is 719. The average molecular weight is 301 g/mol. The molecule has 0 aliphatic heterocycles. The zero-order chi connectivity index (χ0) is 16.3. The molecule has 2 aromatic rings. The van der Waals surface area contributed by atoms with Crippen molar-refractivity contribution in [3.8, 4) is 11.5 Å². The van der Waals surface area contributed by atoms with E-state index in [0.717, 1.165) is 11.1 Å². The van der Waals surface area contributed by atoms with E-state index in [4.69, 9.17) is 9.47 Å². The summed E-state index contributed by atoms with van der Waals surface area (Å²) in [5, 5.41) is 11.1. The van der Waals surface area contributed by atoms with Gasteiger partial charge in [-0.25, -0.2) is 4.79 Å². The van der Waals surface area contributed by atoms with Crippen LogP contribution in [0.1, 0.15) is 21.5 Å². The second-order valence-corrected chi connectivity index (χ2v) is 4.86. The van der Waals surface area contributed by atoms with Crippen LogP contribution in [0.3, 0.4) is 0 Å². The summed E-state index contributed by atoms with van der Waals surface area (Å²) in [7, 11) is 1.40. The molecule has 0 amide bonds. The monoisotopic (exact) mass is 301 g/mol. The number of carbonyl (C=O) groups is 1. The Balaban J connectivity index is 2.33. The lowest BCUT2D eigenvalue weighted by Gasteiger charge is -2.08. The van der Waals surface area contributed by atoms with E-state index in [2.05, 4.69) is 0 Å². The van der Waals surface area contributed by atoms with Crippen LogP contribution in [0.25, 0.3) is 0 Å². The van der Waals surface area contributed by atoms with Crippen molar-refractivity contribution in [3.05, 3.63) is 63.2 Å². The van der Waals surface area contributed by atoms with E-state index in [-0.39, 0.29) is 11.4 Å². The van der Waals surface area contributed by atoms with Gasteiger partial charge in [0.1, 0.15) is 5.75 Å². The summed E-state index contributed by atoms with van der Waals surface area (Å²) in [4.78, 5) is 22.6. The predicted molar refractivity (Wildman–Crippen MR) is 80.5 cm³/mol. The Morgan fingerprint density at radius 2 is 1.73 bits per heavy atom. The molecule has 0 bridgehead atoms. The van der Waals surface area contributed by atoms with Gasteiger partial charge < -0.3 is 9.47 Å². The van der Waals surface area contributed by atoms with Crippen LogP contribution in [-0.2, 0) is 0 Å². The largest absolute Gasteiger partial charge is 0.496 e. The summed E-state index contributed by atoms with van der Waals surface area (Å²) in [5.41, 5.74) is 1.85. The van der Waals surface area contributed by atoms with Crippen molar-refractivity contribution in [2.75, 3.05) is 7.11 Å². The highest BCUT2D eigenvalue weighted by Gasteiger charge is 2.20. The molecule has 2 aromatic carbocycles. The van der Waals surface area contributed by atoms with Crippen LogP contribution in [0, 0.1) is 24.0 Å². The molecule has 0 saturated carbocycles. The number of nitro groups is 1. The topological polar surface area (TPSA) is 78.7 Å². The van der Waals surface area contributed by atoms with Gasteiger partial charge in [0.05, 0.1) is 23.7 Å².